The molecule has 1 rings (SSSR count). The van der Waals surface area contributed by atoms with Crippen molar-refractivity contribution < 1.29 is 5.11 Å². The normalized spacial score (nSPS) is 13.1. The molecule has 0 heterocycles. The lowest BCUT2D eigenvalue weighted by Crippen LogP contribution is -2.34. The van der Waals surface area contributed by atoms with Gasteiger partial charge in [-0.1, -0.05) is 37.6 Å². The van der Waals surface area contributed by atoms with Crippen LogP contribution in [0.3, 0.4) is 0 Å². The van der Waals surface area contributed by atoms with Gasteiger partial charge in [-0.15, -0.1) is 0 Å². The summed E-state index contributed by atoms with van der Waals surface area (Å²) in [5.74, 6) is 0.549. The van der Waals surface area contributed by atoms with Gasteiger partial charge in [-0.3, -0.25) is 0 Å². The summed E-state index contributed by atoms with van der Waals surface area (Å²) in [7, 11) is 0. The van der Waals surface area contributed by atoms with Crippen molar-refractivity contribution in [3.63, 3.8) is 0 Å². The summed E-state index contributed by atoms with van der Waals surface area (Å²) in [5.41, 5.74) is 3.99. The van der Waals surface area contributed by atoms with Crippen molar-refractivity contribution in [3.8, 4) is 0 Å². The van der Waals surface area contributed by atoms with Crippen molar-refractivity contribution in [2.45, 2.75) is 46.7 Å². The SMILES string of the molecule is Cc1ccc(CNC(CCO)C(C)C)c(C)c1. The highest BCUT2D eigenvalue weighted by Crippen LogP contribution is 2.12. The van der Waals surface area contributed by atoms with Crippen LogP contribution < -0.4 is 5.32 Å². The molecule has 0 amide bonds. The maximum atomic E-state index is 9.03. The molecule has 1 aromatic carbocycles. The number of hydrogen-bond acceptors (Lipinski definition) is 2. The first kappa shape index (κ1) is 14.2. The van der Waals surface area contributed by atoms with E-state index >= 15 is 0 Å². The molecule has 0 spiro atoms. The Morgan fingerprint density at radius 2 is 1.94 bits per heavy atom. The number of aliphatic hydroxyl groups excluding tert-OH is 1. The largest absolute Gasteiger partial charge is 0.396 e. The van der Waals surface area contributed by atoms with Crippen LogP contribution in [-0.4, -0.2) is 17.8 Å². The molecule has 2 N–H and O–H groups in total. The third kappa shape index (κ3) is 4.49. The van der Waals surface area contributed by atoms with Crippen LogP contribution in [-0.2, 0) is 6.54 Å². The second-order valence-corrected chi connectivity index (χ2v) is 5.17. The Kier molecular flexibility index (Phi) is 5.66. The van der Waals surface area contributed by atoms with E-state index in [1.54, 1.807) is 0 Å². The van der Waals surface area contributed by atoms with Crippen LogP contribution in [0.4, 0.5) is 0 Å². The van der Waals surface area contributed by atoms with Crippen LogP contribution in [0.15, 0.2) is 18.2 Å². The van der Waals surface area contributed by atoms with Crippen LogP contribution >= 0.6 is 0 Å². The average molecular weight is 235 g/mol. The van der Waals surface area contributed by atoms with E-state index < -0.39 is 0 Å². The minimum atomic E-state index is 0.253. The number of nitrogens with one attached hydrogen (secondary N) is 1. The summed E-state index contributed by atoms with van der Waals surface area (Å²) in [5, 5.41) is 12.6. The predicted molar refractivity (Wildman–Crippen MR) is 73.1 cm³/mol. The van der Waals surface area contributed by atoms with Gasteiger partial charge in [0.05, 0.1) is 0 Å². The number of aryl methyl sites for hydroxylation is 2. The Morgan fingerprint density at radius 3 is 2.47 bits per heavy atom. The molecule has 0 saturated heterocycles. The molecule has 0 fully saturated rings. The second kappa shape index (κ2) is 6.77. The number of benzene rings is 1. The molecule has 0 radical (unpaired) electrons. The van der Waals surface area contributed by atoms with Gasteiger partial charge in [0.1, 0.15) is 0 Å². The van der Waals surface area contributed by atoms with Crippen molar-refractivity contribution in [2.24, 2.45) is 5.92 Å². The quantitative estimate of drug-likeness (QED) is 0.794. The molecule has 17 heavy (non-hydrogen) atoms. The lowest BCUT2D eigenvalue weighted by atomic mass is 10.00. The van der Waals surface area contributed by atoms with E-state index in [4.69, 9.17) is 5.11 Å². The van der Waals surface area contributed by atoms with Gasteiger partial charge in [-0.2, -0.15) is 0 Å². The Morgan fingerprint density at radius 1 is 1.24 bits per heavy atom. The van der Waals surface area contributed by atoms with E-state index in [9.17, 15) is 0 Å². The van der Waals surface area contributed by atoms with Crippen molar-refractivity contribution in [2.75, 3.05) is 6.61 Å². The van der Waals surface area contributed by atoms with Gasteiger partial charge < -0.3 is 10.4 Å². The molecule has 0 aliphatic carbocycles. The summed E-state index contributed by atoms with van der Waals surface area (Å²) in [4.78, 5) is 0. The van der Waals surface area contributed by atoms with Crippen LogP contribution in [0.1, 0.15) is 37.0 Å². The summed E-state index contributed by atoms with van der Waals surface area (Å²) in [6.45, 7) is 9.79. The minimum absolute atomic E-state index is 0.253. The van der Waals surface area contributed by atoms with Crippen LogP contribution in [0.5, 0.6) is 0 Å². The average Bonchev–Trinajstić information content (AvgIpc) is 2.25. The van der Waals surface area contributed by atoms with Crippen LogP contribution in [0.2, 0.25) is 0 Å². The highest BCUT2D eigenvalue weighted by atomic mass is 16.3. The monoisotopic (exact) mass is 235 g/mol. The number of hydrogen-bond donors (Lipinski definition) is 2. The third-order valence-corrected chi connectivity index (χ3v) is 3.30. The van der Waals surface area contributed by atoms with Crippen molar-refractivity contribution >= 4 is 0 Å². The third-order valence-electron chi connectivity index (χ3n) is 3.30. The smallest absolute Gasteiger partial charge is 0.0445 e. The summed E-state index contributed by atoms with van der Waals surface area (Å²) < 4.78 is 0. The molecule has 0 bridgehead atoms. The van der Waals surface area contributed by atoms with E-state index in [-0.39, 0.29) is 6.61 Å². The number of rotatable bonds is 6. The van der Waals surface area contributed by atoms with Gasteiger partial charge >= 0.3 is 0 Å². The van der Waals surface area contributed by atoms with Gasteiger partial charge in [0.2, 0.25) is 0 Å². The Hall–Kier alpha value is -0.860. The zero-order valence-corrected chi connectivity index (χ0v) is 11.5. The molecule has 0 aromatic heterocycles. The molecular weight excluding hydrogens is 210 g/mol. The maximum absolute atomic E-state index is 9.03. The summed E-state index contributed by atoms with van der Waals surface area (Å²) in [6.07, 6.45) is 0.822. The van der Waals surface area contributed by atoms with Crippen LogP contribution in [0, 0.1) is 19.8 Å². The molecule has 0 aliphatic heterocycles. The zero-order chi connectivity index (χ0) is 12.8. The van der Waals surface area contributed by atoms with Crippen molar-refractivity contribution in [1.82, 2.24) is 5.32 Å². The van der Waals surface area contributed by atoms with E-state index in [1.165, 1.54) is 16.7 Å². The Bertz CT molecular complexity index is 347. The highest BCUT2D eigenvalue weighted by Gasteiger charge is 2.12. The molecule has 0 saturated carbocycles. The van der Waals surface area contributed by atoms with E-state index in [0.717, 1.165) is 13.0 Å². The molecule has 1 aromatic rings. The fourth-order valence-corrected chi connectivity index (χ4v) is 2.10. The second-order valence-electron chi connectivity index (χ2n) is 5.17. The van der Waals surface area contributed by atoms with Gasteiger partial charge in [0, 0.05) is 19.2 Å². The molecule has 96 valence electrons. The van der Waals surface area contributed by atoms with E-state index in [2.05, 4.69) is 51.2 Å². The van der Waals surface area contributed by atoms with Gasteiger partial charge in [-0.25, -0.2) is 0 Å². The molecule has 1 unspecified atom stereocenters. The highest BCUT2D eigenvalue weighted by molar-refractivity contribution is 5.30. The summed E-state index contributed by atoms with van der Waals surface area (Å²) in [6, 6.07) is 6.95. The van der Waals surface area contributed by atoms with Crippen LogP contribution in [0.25, 0.3) is 0 Å². The van der Waals surface area contributed by atoms with Gasteiger partial charge in [0.25, 0.3) is 0 Å². The Balaban J connectivity index is 2.59. The van der Waals surface area contributed by atoms with Gasteiger partial charge in [0.15, 0.2) is 0 Å². The molecule has 2 heteroatoms. The molecule has 0 aliphatic rings. The first-order valence-corrected chi connectivity index (χ1v) is 6.45. The first-order chi connectivity index (χ1) is 8.04. The van der Waals surface area contributed by atoms with Gasteiger partial charge in [-0.05, 0) is 37.3 Å². The Labute approximate surface area is 105 Å². The fraction of sp³-hybridized carbons (Fsp3) is 0.600. The minimum Gasteiger partial charge on any atom is -0.396 e. The maximum Gasteiger partial charge on any atom is 0.0445 e. The fourth-order valence-electron chi connectivity index (χ4n) is 2.10. The lowest BCUT2D eigenvalue weighted by Gasteiger charge is -2.22. The molecular formula is C15H25NO. The molecule has 2 nitrogen and oxygen atoms in total. The number of aliphatic hydroxyl groups is 1. The molecule has 1 atom stereocenters. The first-order valence-electron chi connectivity index (χ1n) is 6.45. The van der Waals surface area contributed by atoms with E-state index in [0.29, 0.717) is 12.0 Å². The lowest BCUT2D eigenvalue weighted by molar-refractivity contribution is 0.244. The summed E-state index contributed by atoms with van der Waals surface area (Å²) >= 11 is 0. The van der Waals surface area contributed by atoms with E-state index in [1.807, 2.05) is 0 Å². The van der Waals surface area contributed by atoms with Crippen molar-refractivity contribution in [3.05, 3.63) is 34.9 Å². The standard InChI is InChI=1S/C15H25NO/c1-11(2)15(7-8-17)16-10-14-6-5-12(3)9-13(14)4/h5-6,9,11,15-17H,7-8,10H2,1-4H3. The topological polar surface area (TPSA) is 32.3 Å². The predicted octanol–water partition coefficient (Wildman–Crippen LogP) is 2.80. The van der Waals surface area contributed by atoms with Crippen molar-refractivity contribution in [1.29, 1.82) is 0 Å². The zero-order valence-electron chi connectivity index (χ0n) is 11.5.